The van der Waals surface area contributed by atoms with E-state index in [4.69, 9.17) is 0 Å². The summed E-state index contributed by atoms with van der Waals surface area (Å²) in [5.74, 6) is -0.500. The molecule has 3 atom stereocenters. The second-order valence-corrected chi connectivity index (χ2v) is 18.1. The van der Waals surface area contributed by atoms with Crippen LogP contribution in [0.25, 0.3) is 0 Å². The third kappa shape index (κ3) is 42.9. The van der Waals surface area contributed by atoms with Crippen molar-refractivity contribution < 1.29 is 20.1 Å². The zero-order valence-corrected chi connectivity index (χ0v) is 39.2. The molecule has 0 aromatic rings. The highest BCUT2D eigenvalue weighted by Crippen LogP contribution is 2.17. The van der Waals surface area contributed by atoms with Crippen LogP contribution in [0.3, 0.4) is 0 Å². The average molecular weight is 818 g/mol. The first-order chi connectivity index (χ1) is 28.6. The third-order valence-electron chi connectivity index (χ3n) is 12.3. The predicted molar refractivity (Wildman–Crippen MR) is 255 cm³/mol. The summed E-state index contributed by atoms with van der Waals surface area (Å²) in [6, 6.07) is -0.795. The normalized spacial score (nSPS) is 13.5. The summed E-state index contributed by atoms with van der Waals surface area (Å²) in [5, 5.41) is 33.3. The van der Waals surface area contributed by atoms with Crippen LogP contribution in [-0.4, -0.2) is 46.1 Å². The fourth-order valence-electron chi connectivity index (χ4n) is 8.18. The van der Waals surface area contributed by atoms with Crippen LogP contribution in [0.4, 0.5) is 0 Å². The van der Waals surface area contributed by atoms with Crippen molar-refractivity contribution in [2.75, 3.05) is 6.61 Å². The minimum absolute atomic E-state index is 0.361. The van der Waals surface area contributed by atoms with E-state index in [0.717, 1.165) is 32.1 Å². The summed E-state index contributed by atoms with van der Waals surface area (Å²) in [7, 11) is 0. The van der Waals surface area contributed by atoms with Crippen LogP contribution in [0.1, 0.15) is 284 Å². The van der Waals surface area contributed by atoms with Gasteiger partial charge in [-0.25, -0.2) is 0 Å². The van der Waals surface area contributed by atoms with Crippen LogP contribution >= 0.6 is 0 Å². The third-order valence-corrected chi connectivity index (χ3v) is 12.3. The molecule has 344 valence electrons. The number of rotatable bonds is 48. The van der Waals surface area contributed by atoms with Crippen LogP contribution in [0.5, 0.6) is 0 Å². The Labute approximate surface area is 362 Å². The van der Waals surface area contributed by atoms with E-state index in [-0.39, 0.29) is 6.61 Å². The molecule has 0 aromatic heterocycles. The molecule has 58 heavy (non-hydrogen) atoms. The quantitative estimate of drug-likeness (QED) is 0.0364. The van der Waals surface area contributed by atoms with Crippen LogP contribution in [-0.2, 0) is 4.79 Å². The lowest BCUT2D eigenvalue weighted by Gasteiger charge is -2.21. The number of amides is 1. The summed E-state index contributed by atoms with van der Waals surface area (Å²) in [6.45, 7) is 4.20. The van der Waals surface area contributed by atoms with E-state index in [1.165, 1.54) is 231 Å². The minimum atomic E-state index is -1.10. The average Bonchev–Trinajstić information content (AvgIpc) is 3.23. The minimum Gasteiger partial charge on any atom is -0.394 e. The molecule has 5 nitrogen and oxygen atoms in total. The fraction of sp³-hybridized carbons (Fsp3) is 0.906. The van der Waals surface area contributed by atoms with Gasteiger partial charge in [-0.3, -0.25) is 4.79 Å². The Kier molecular flexibility index (Phi) is 47.5. The molecule has 0 rings (SSSR count). The first kappa shape index (κ1) is 56.8. The van der Waals surface area contributed by atoms with Gasteiger partial charge in [0.05, 0.1) is 18.8 Å². The molecular formula is C53H103NO4. The fourth-order valence-corrected chi connectivity index (χ4v) is 8.18. The Morgan fingerprint density at radius 3 is 1.00 bits per heavy atom. The molecule has 1 amide bonds. The number of nitrogens with one attached hydrogen (secondary N) is 1. The molecule has 0 aromatic carbocycles. The number of allylic oxidation sites excluding steroid dienone is 3. The van der Waals surface area contributed by atoms with Gasteiger partial charge in [-0.2, -0.15) is 0 Å². The van der Waals surface area contributed by atoms with Gasteiger partial charge in [-0.05, 0) is 44.9 Å². The Morgan fingerprint density at radius 1 is 0.414 bits per heavy atom. The van der Waals surface area contributed by atoms with E-state index in [9.17, 15) is 20.1 Å². The maximum Gasteiger partial charge on any atom is 0.249 e. The zero-order valence-electron chi connectivity index (χ0n) is 39.2. The molecule has 0 fully saturated rings. The number of carbonyl (C=O) groups excluding carboxylic acids is 1. The molecule has 3 unspecified atom stereocenters. The van der Waals surface area contributed by atoms with Crippen molar-refractivity contribution in [3.63, 3.8) is 0 Å². The number of hydrogen-bond acceptors (Lipinski definition) is 4. The molecule has 0 bridgehead atoms. The molecule has 0 saturated carbocycles. The summed E-state index contributed by atoms with van der Waals surface area (Å²) in [4.78, 5) is 12.5. The van der Waals surface area contributed by atoms with Crippen molar-refractivity contribution in [1.82, 2.24) is 5.32 Å². The number of aliphatic hydroxyl groups excluding tert-OH is 3. The second kappa shape index (κ2) is 48.5. The summed E-state index contributed by atoms with van der Waals surface area (Å²) in [6.07, 6.45) is 61.0. The van der Waals surface area contributed by atoms with Crippen molar-refractivity contribution in [2.45, 2.75) is 302 Å². The van der Waals surface area contributed by atoms with Crippen molar-refractivity contribution in [2.24, 2.45) is 0 Å². The van der Waals surface area contributed by atoms with Crippen LogP contribution in [0, 0.1) is 0 Å². The lowest BCUT2D eigenvalue weighted by Crippen LogP contribution is -2.48. The summed E-state index contributed by atoms with van der Waals surface area (Å²) >= 11 is 0. The first-order valence-electron chi connectivity index (χ1n) is 26.2. The molecule has 0 saturated heterocycles. The molecular weight excluding hydrogens is 715 g/mol. The summed E-state index contributed by atoms with van der Waals surface area (Å²) in [5.41, 5.74) is 0. The van der Waals surface area contributed by atoms with Crippen LogP contribution in [0.2, 0.25) is 0 Å². The van der Waals surface area contributed by atoms with Gasteiger partial charge in [-0.1, -0.05) is 263 Å². The Morgan fingerprint density at radius 2 is 0.690 bits per heavy atom. The van der Waals surface area contributed by atoms with Crippen LogP contribution < -0.4 is 5.32 Å². The monoisotopic (exact) mass is 818 g/mol. The lowest BCUT2D eigenvalue weighted by atomic mass is 10.0. The van der Waals surface area contributed by atoms with E-state index in [0.29, 0.717) is 6.42 Å². The van der Waals surface area contributed by atoms with Gasteiger partial charge >= 0.3 is 0 Å². The van der Waals surface area contributed by atoms with Gasteiger partial charge < -0.3 is 20.6 Å². The largest absolute Gasteiger partial charge is 0.394 e. The molecule has 0 radical (unpaired) electrons. The SMILES string of the molecule is CCCCCCCCCCCCCC/C=C\CCCCCCCCCCCCCCCC(O)C(=O)NC(CO)C(O)/C=C/CCCCCCCCCCCCCCC. The molecule has 4 N–H and O–H groups in total. The van der Waals surface area contributed by atoms with E-state index in [1.807, 2.05) is 6.08 Å². The van der Waals surface area contributed by atoms with E-state index < -0.39 is 24.2 Å². The van der Waals surface area contributed by atoms with Gasteiger partial charge in [0.2, 0.25) is 5.91 Å². The molecule has 0 aliphatic heterocycles. The maximum absolute atomic E-state index is 12.5. The van der Waals surface area contributed by atoms with Crippen molar-refractivity contribution in [3.8, 4) is 0 Å². The Bertz CT molecular complexity index is 859. The van der Waals surface area contributed by atoms with Gasteiger partial charge in [0.1, 0.15) is 6.10 Å². The second-order valence-electron chi connectivity index (χ2n) is 18.1. The molecule has 0 aliphatic carbocycles. The van der Waals surface area contributed by atoms with Crippen LogP contribution in [0.15, 0.2) is 24.3 Å². The van der Waals surface area contributed by atoms with Gasteiger partial charge in [0.25, 0.3) is 0 Å². The van der Waals surface area contributed by atoms with E-state index in [2.05, 4.69) is 31.3 Å². The van der Waals surface area contributed by atoms with E-state index >= 15 is 0 Å². The van der Waals surface area contributed by atoms with Crippen molar-refractivity contribution in [3.05, 3.63) is 24.3 Å². The van der Waals surface area contributed by atoms with Gasteiger partial charge in [0.15, 0.2) is 0 Å². The zero-order chi connectivity index (χ0) is 42.3. The Hall–Kier alpha value is -1.17. The van der Waals surface area contributed by atoms with Crippen molar-refractivity contribution >= 4 is 5.91 Å². The van der Waals surface area contributed by atoms with Gasteiger partial charge in [0, 0.05) is 0 Å². The standard InChI is InChI=1S/C53H103NO4/c1-3-5-7-9-11-13-15-17-19-20-21-22-23-24-25-26-27-28-29-30-31-32-34-36-38-40-42-44-46-48-52(57)53(58)54-50(49-55)51(56)47-45-43-41-39-37-35-33-18-16-14-12-10-8-6-4-2/h24-25,45,47,50-52,55-57H,3-23,26-44,46,48-49H2,1-2H3,(H,54,58)/b25-24-,47-45+. The van der Waals surface area contributed by atoms with Crippen molar-refractivity contribution in [1.29, 1.82) is 0 Å². The van der Waals surface area contributed by atoms with Gasteiger partial charge in [-0.15, -0.1) is 0 Å². The first-order valence-corrected chi connectivity index (χ1v) is 26.2. The Balaban J connectivity index is 3.54. The maximum atomic E-state index is 12.5. The van der Waals surface area contributed by atoms with E-state index in [1.54, 1.807) is 6.08 Å². The summed E-state index contributed by atoms with van der Waals surface area (Å²) < 4.78 is 0. The number of carbonyl (C=O) groups is 1. The predicted octanol–water partition coefficient (Wildman–Crippen LogP) is 15.7. The molecule has 0 heterocycles. The number of unbranched alkanes of at least 4 members (excludes halogenated alkanes) is 38. The highest BCUT2D eigenvalue weighted by atomic mass is 16.3. The number of hydrogen-bond donors (Lipinski definition) is 4. The highest BCUT2D eigenvalue weighted by molar-refractivity contribution is 5.80. The lowest BCUT2D eigenvalue weighted by molar-refractivity contribution is -0.131. The smallest absolute Gasteiger partial charge is 0.249 e. The molecule has 5 heteroatoms. The molecule has 0 spiro atoms. The highest BCUT2D eigenvalue weighted by Gasteiger charge is 2.22. The number of aliphatic hydroxyl groups is 3. The molecule has 0 aliphatic rings. The topological polar surface area (TPSA) is 89.8 Å².